The Hall–Kier alpha value is -2.01. The molecular weight excluding hydrogens is 344 g/mol. The maximum atomic E-state index is 12.8. The number of methoxy groups -OCH3 is 1. The van der Waals surface area contributed by atoms with E-state index in [1.807, 2.05) is 4.90 Å². The molecule has 0 spiro atoms. The number of benzene rings is 1. The number of ether oxygens (including phenoxy) is 2. The SMILES string of the molecule is CO[C@@H]1CN(CC#N)CC[C@@H]1NC(=O)c1cc(Cl)c(N)c2c1OCC2. The van der Waals surface area contributed by atoms with Gasteiger partial charge in [0.15, 0.2) is 0 Å². The van der Waals surface area contributed by atoms with Crippen LogP contribution in [-0.4, -0.2) is 56.3 Å². The van der Waals surface area contributed by atoms with Crippen LogP contribution in [0.5, 0.6) is 5.75 Å². The van der Waals surface area contributed by atoms with Gasteiger partial charge in [-0.15, -0.1) is 0 Å². The minimum absolute atomic E-state index is 0.138. The van der Waals surface area contributed by atoms with E-state index in [4.69, 9.17) is 32.1 Å². The quantitative estimate of drug-likeness (QED) is 0.615. The third-order valence-electron chi connectivity index (χ3n) is 4.77. The molecule has 0 aromatic heterocycles. The van der Waals surface area contributed by atoms with Gasteiger partial charge in [-0.25, -0.2) is 0 Å². The summed E-state index contributed by atoms with van der Waals surface area (Å²) in [6.45, 7) is 2.18. The number of rotatable bonds is 4. The number of carbonyl (C=O) groups is 1. The number of nitrogens with zero attached hydrogens (tertiary/aromatic N) is 2. The van der Waals surface area contributed by atoms with Gasteiger partial charge < -0.3 is 20.5 Å². The van der Waals surface area contributed by atoms with Crippen molar-refractivity contribution in [3.8, 4) is 11.8 Å². The lowest BCUT2D eigenvalue weighted by Gasteiger charge is -2.37. The van der Waals surface area contributed by atoms with E-state index in [9.17, 15) is 4.79 Å². The van der Waals surface area contributed by atoms with Crippen molar-refractivity contribution in [3.05, 3.63) is 22.2 Å². The Morgan fingerprint density at radius 3 is 3.16 bits per heavy atom. The Morgan fingerprint density at radius 2 is 2.44 bits per heavy atom. The lowest BCUT2D eigenvalue weighted by atomic mass is 10.00. The standard InChI is InChI=1S/C17H21ClN4O3/c1-24-14-9-22(6-4-19)5-2-13(14)21-17(23)11-8-12(18)15(20)10-3-7-25-16(10)11/h8,13-14H,2-3,5-7,9,20H2,1H3,(H,21,23)/t13-,14+/m0/s1. The lowest BCUT2D eigenvalue weighted by molar-refractivity contribution is 0.0103. The van der Waals surface area contributed by atoms with Crippen LogP contribution in [0.1, 0.15) is 22.3 Å². The van der Waals surface area contributed by atoms with E-state index in [0.29, 0.717) is 54.6 Å². The first-order valence-corrected chi connectivity index (χ1v) is 8.59. The Balaban J connectivity index is 1.76. The van der Waals surface area contributed by atoms with Crippen molar-refractivity contribution in [2.75, 3.05) is 39.1 Å². The molecule has 0 unspecified atom stereocenters. The first-order valence-electron chi connectivity index (χ1n) is 8.21. The summed E-state index contributed by atoms with van der Waals surface area (Å²) in [5.41, 5.74) is 7.66. The van der Waals surface area contributed by atoms with Gasteiger partial charge in [0.05, 0.1) is 47.6 Å². The average Bonchev–Trinajstić information content (AvgIpc) is 3.09. The molecule has 1 aromatic rings. The molecule has 7 nitrogen and oxygen atoms in total. The Morgan fingerprint density at radius 1 is 1.64 bits per heavy atom. The van der Waals surface area contributed by atoms with Crippen LogP contribution in [0, 0.1) is 11.3 Å². The highest BCUT2D eigenvalue weighted by Gasteiger charge is 2.32. The van der Waals surface area contributed by atoms with Gasteiger partial charge in [0, 0.05) is 32.2 Å². The maximum absolute atomic E-state index is 12.8. The number of nitriles is 1. The number of likely N-dealkylation sites (tertiary alicyclic amines) is 1. The molecule has 0 aliphatic carbocycles. The molecule has 2 heterocycles. The van der Waals surface area contributed by atoms with Crippen molar-refractivity contribution in [3.63, 3.8) is 0 Å². The minimum Gasteiger partial charge on any atom is -0.492 e. The lowest BCUT2D eigenvalue weighted by Crippen LogP contribution is -2.54. The Kier molecular flexibility index (Phi) is 5.33. The summed E-state index contributed by atoms with van der Waals surface area (Å²) < 4.78 is 11.1. The van der Waals surface area contributed by atoms with Gasteiger partial charge in [0.2, 0.25) is 0 Å². The van der Waals surface area contributed by atoms with Crippen LogP contribution in [-0.2, 0) is 11.2 Å². The fraction of sp³-hybridized carbons (Fsp3) is 0.529. The molecule has 1 saturated heterocycles. The highest BCUT2D eigenvalue weighted by molar-refractivity contribution is 6.33. The molecule has 0 bridgehead atoms. The molecule has 3 N–H and O–H groups in total. The summed E-state index contributed by atoms with van der Waals surface area (Å²) >= 11 is 6.17. The number of piperidine rings is 1. The molecule has 1 amide bonds. The second kappa shape index (κ2) is 7.48. The summed E-state index contributed by atoms with van der Waals surface area (Å²) in [7, 11) is 1.61. The van der Waals surface area contributed by atoms with Crippen LogP contribution < -0.4 is 15.8 Å². The zero-order chi connectivity index (χ0) is 18.0. The van der Waals surface area contributed by atoms with E-state index in [2.05, 4.69) is 11.4 Å². The zero-order valence-corrected chi connectivity index (χ0v) is 14.8. The summed E-state index contributed by atoms with van der Waals surface area (Å²) in [4.78, 5) is 14.8. The molecule has 2 atom stereocenters. The molecule has 2 aliphatic heterocycles. The van der Waals surface area contributed by atoms with Gasteiger partial charge in [0.1, 0.15) is 5.75 Å². The van der Waals surface area contributed by atoms with Crippen molar-refractivity contribution in [1.82, 2.24) is 10.2 Å². The number of nitrogen functional groups attached to an aromatic ring is 1. The molecule has 1 aromatic carbocycles. The molecule has 134 valence electrons. The van der Waals surface area contributed by atoms with E-state index in [1.165, 1.54) is 0 Å². The van der Waals surface area contributed by atoms with Crippen LogP contribution in [0.3, 0.4) is 0 Å². The van der Waals surface area contributed by atoms with Gasteiger partial charge in [-0.2, -0.15) is 5.26 Å². The van der Waals surface area contributed by atoms with Crippen LogP contribution in [0.15, 0.2) is 6.07 Å². The summed E-state index contributed by atoms with van der Waals surface area (Å²) in [5.74, 6) is 0.274. The number of hydrogen-bond acceptors (Lipinski definition) is 6. The molecule has 3 rings (SSSR count). The first kappa shape index (κ1) is 17.8. The topological polar surface area (TPSA) is 101 Å². The second-order valence-electron chi connectivity index (χ2n) is 6.26. The van der Waals surface area contributed by atoms with Gasteiger partial charge in [0.25, 0.3) is 5.91 Å². The van der Waals surface area contributed by atoms with E-state index in [1.54, 1.807) is 13.2 Å². The van der Waals surface area contributed by atoms with Crippen LogP contribution >= 0.6 is 11.6 Å². The molecule has 0 radical (unpaired) electrons. The monoisotopic (exact) mass is 364 g/mol. The number of fused-ring (bicyclic) bond motifs is 1. The predicted molar refractivity (Wildman–Crippen MR) is 93.8 cm³/mol. The molecule has 1 fully saturated rings. The molecule has 2 aliphatic rings. The van der Waals surface area contributed by atoms with E-state index < -0.39 is 0 Å². The average molecular weight is 365 g/mol. The fourth-order valence-electron chi connectivity index (χ4n) is 3.41. The molecule has 0 saturated carbocycles. The summed E-state index contributed by atoms with van der Waals surface area (Å²) in [5, 5.41) is 12.2. The molecular formula is C17H21ClN4O3. The Bertz CT molecular complexity index is 719. The number of halogens is 1. The van der Waals surface area contributed by atoms with Crippen LogP contribution in [0.25, 0.3) is 0 Å². The van der Waals surface area contributed by atoms with E-state index in [-0.39, 0.29) is 18.1 Å². The fourth-order valence-corrected chi connectivity index (χ4v) is 3.63. The van der Waals surface area contributed by atoms with Gasteiger partial charge in [-0.3, -0.25) is 9.69 Å². The van der Waals surface area contributed by atoms with E-state index in [0.717, 1.165) is 12.1 Å². The van der Waals surface area contributed by atoms with Gasteiger partial charge >= 0.3 is 0 Å². The van der Waals surface area contributed by atoms with Gasteiger partial charge in [-0.05, 0) is 12.5 Å². The van der Waals surface area contributed by atoms with Crippen molar-refractivity contribution >= 4 is 23.2 Å². The number of carbonyl (C=O) groups excluding carboxylic acids is 1. The van der Waals surface area contributed by atoms with Crippen molar-refractivity contribution in [2.24, 2.45) is 0 Å². The highest BCUT2D eigenvalue weighted by atomic mass is 35.5. The predicted octanol–water partition coefficient (Wildman–Crippen LogP) is 1.20. The number of nitrogens with one attached hydrogen (secondary N) is 1. The van der Waals surface area contributed by atoms with Crippen LogP contribution in [0.2, 0.25) is 5.02 Å². The van der Waals surface area contributed by atoms with Crippen LogP contribution in [0.4, 0.5) is 5.69 Å². The third kappa shape index (κ3) is 3.52. The number of amides is 1. The largest absolute Gasteiger partial charge is 0.492 e. The smallest absolute Gasteiger partial charge is 0.255 e. The summed E-state index contributed by atoms with van der Waals surface area (Å²) in [6, 6.07) is 3.56. The second-order valence-corrected chi connectivity index (χ2v) is 6.67. The molecule has 8 heteroatoms. The normalized spacial score (nSPS) is 22.8. The molecule has 25 heavy (non-hydrogen) atoms. The zero-order valence-electron chi connectivity index (χ0n) is 14.0. The number of nitrogens with two attached hydrogens (primary N) is 1. The first-order chi connectivity index (χ1) is 12.0. The minimum atomic E-state index is -0.249. The third-order valence-corrected chi connectivity index (χ3v) is 5.08. The van der Waals surface area contributed by atoms with Gasteiger partial charge in [-0.1, -0.05) is 11.6 Å². The number of hydrogen-bond donors (Lipinski definition) is 2. The summed E-state index contributed by atoms with van der Waals surface area (Å²) in [6.07, 6.45) is 1.18. The number of anilines is 1. The van der Waals surface area contributed by atoms with Crippen molar-refractivity contribution < 1.29 is 14.3 Å². The highest BCUT2D eigenvalue weighted by Crippen LogP contribution is 2.38. The Labute approximate surface area is 151 Å². The van der Waals surface area contributed by atoms with Crippen molar-refractivity contribution in [1.29, 1.82) is 5.26 Å². The van der Waals surface area contributed by atoms with E-state index >= 15 is 0 Å². The maximum Gasteiger partial charge on any atom is 0.255 e. The van der Waals surface area contributed by atoms with Crippen molar-refractivity contribution in [2.45, 2.75) is 25.0 Å².